The van der Waals surface area contributed by atoms with Crippen molar-refractivity contribution in [3.63, 3.8) is 0 Å². The van der Waals surface area contributed by atoms with Crippen LogP contribution in [0.4, 0.5) is 11.4 Å². The van der Waals surface area contributed by atoms with Crippen molar-refractivity contribution in [1.29, 1.82) is 0 Å². The van der Waals surface area contributed by atoms with E-state index >= 15 is 0 Å². The lowest BCUT2D eigenvalue weighted by atomic mass is 10.2. The smallest absolute Gasteiger partial charge is 0.222 e. The van der Waals surface area contributed by atoms with Crippen LogP contribution in [-0.2, 0) is 9.59 Å². The van der Waals surface area contributed by atoms with Gasteiger partial charge in [-0.3, -0.25) is 9.59 Å². The minimum absolute atomic E-state index is 0.195. The number of rotatable bonds is 4. The summed E-state index contributed by atoms with van der Waals surface area (Å²) < 4.78 is 0. The second-order valence-electron chi connectivity index (χ2n) is 5.80. The molecule has 1 fully saturated rings. The summed E-state index contributed by atoms with van der Waals surface area (Å²) in [6.07, 6.45) is 1.53. The van der Waals surface area contributed by atoms with Gasteiger partial charge in [-0.25, -0.2) is 0 Å². The van der Waals surface area contributed by atoms with Crippen molar-refractivity contribution < 1.29 is 9.59 Å². The van der Waals surface area contributed by atoms with Crippen LogP contribution in [0.25, 0.3) is 0 Å². The zero-order valence-corrected chi connectivity index (χ0v) is 15.0. The van der Waals surface area contributed by atoms with Crippen LogP contribution >= 0.6 is 12.2 Å². The normalized spacial score (nSPS) is 14.2. The molecule has 0 unspecified atom stereocenters. The van der Waals surface area contributed by atoms with E-state index in [9.17, 15) is 9.59 Å². The minimum atomic E-state index is -0.195. The molecule has 2 amide bonds. The number of carbonyl (C=O) groups is 2. The van der Waals surface area contributed by atoms with Gasteiger partial charge in [-0.05, 0) is 42.9 Å². The first-order chi connectivity index (χ1) is 11.5. The largest absolute Gasteiger partial charge is 0.368 e. The maximum atomic E-state index is 11.9. The van der Waals surface area contributed by atoms with Crippen LogP contribution in [-0.4, -0.2) is 48.0 Å². The summed E-state index contributed by atoms with van der Waals surface area (Å²) in [5.74, 6) is 0.0581. The van der Waals surface area contributed by atoms with E-state index in [1.165, 1.54) is 6.92 Å². The van der Waals surface area contributed by atoms with Gasteiger partial charge in [0.25, 0.3) is 0 Å². The van der Waals surface area contributed by atoms with E-state index in [2.05, 4.69) is 15.5 Å². The average molecular weight is 348 g/mol. The quantitative estimate of drug-likeness (QED) is 0.815. The summed E-state index contributed by atoms with van der Waals surface area (Å²) in [6, 6.07) is 7.89. The van der Waals surface area contributed by atoms with Crippen LogP contribution in [0.5, 0.6) is 0 Å². The molecule has 2 rings (SSSR count). The van der Waals surface area contributed by atoms with Gasteiger partial charge in [0, 0.05) is 50.9 Å². The molecule has 0 bridgehead atoms. The van der Waals surface area contributed by atoms with Crippen molar-refractivity contribution in [3.05, 3.63) is 24.3 Å². The lowest BCUT2D eigenvalue weighted by Crippen LogP contribution is -2.48. The Balaban J connectivity index is 1.87. The molecule has 0 aliphatic carbocycles. The third kappa shape index (κ3) is 5.19. The van der Waals surface area contributed by atoms with Gasteiger partial charge in [0.05, 0.1) is 0 Å². The van der Waals surface area contributed by atoms with Gasteiger partial charge in [-0.2, -0.15) is 0 Å². The number of thiocarbonyl (C=S) groups is 1. The molecule has 1 saturated heterocycles. The molecule has 1 aromatic carbocycles. The zero-order chi connectivity index (χ0) is 17.5. The monoisotopic (exact) mass is 348 g/mol. The number of benzene rings is 1. The van der Waals surface area contributed by atoms with Crippen LogP contribution < -0.4 is 15.5 Å². The molecule has 7 heteroatoms. The number of piperazine rings is 1. The predicted molar refractivity (Wildman–Crippen MR) is 100 cm³/mol. The van der Waals surface area contributed by atoms with Crippen molar-refractivity contribution in [2.24, 2.45) is 0 Å². The average Bonchev–Trinajstić information content (AvgIpc) is 2.55. The Morgan fingerprint density at radius 3 is 2.29 bits per heavy atom. The molecule has 0 radical (unpaired) electrons. The standard InChI is InChI=1S/C17H24N4O2S/c1-3-4-16(23)21-11-9-20(10-12-21)15-7-5-14(6-8-15)19-17(24)18-13(2)22/h5-8H,3-4,9-12H2,1-2H3,(H2,18,19,22,24). The molecule has 1 aliphatic rings. The zero-order valence-electron chi connectivity index (χ0n) is 14.2. The van der Waals surface area contributed by atoms with Gasteiger partial charge in [0.1, 0.15) is 0 Å². The minimum Gasteiger partial charge on any atom is -0.368 e. The second kappa shape index (κ2) is 8.63. The van der Waals surface area contributed by atoms with Crippen LogP contribution in [0.2, 0.25) is 0 Å². The number of carbonyl (C=O) groups excluding carboxylic acids is 2. The molecule has 1 aromatic rings. The van der Waals surface area contributed by atoms with Gasteiger partial charge < -0.3 is 20.4 Å². The van der Waals surface area contributed by atoms with E-state index in [1.807, 2.05) is 36.1 Å². The fraction of sp³-hybridized carbons (Fsp3) is 0.471. The summed E-state index contributed by atoms with van der Waals surface area (Å²) in [6.45, 7) is 6.67. The second-order valence-corrected chi connectivity index (χ2v) is 6.21. The summed E-state index contributed by atoms with van der Waals surface area (Å²) in [7, 11) is 0. The van der Waals surface area contributed by atoms with E-state index in [1.54, 1.807) is 0 Å². The SMILES string of the molecule is CCCC(=O)N1CCN(c2ccc(NC(=S)NC(C)=O)cc2)CC1. The molecular weight excluding hydrogens is 324 g/mol. The lowest BCUT2D eigenvalue weighted by molar-refractivity contribution is -0.131. The fourth-order valence-electron chi connectivity index (χ4n) is 2.66. The number of nitrogens with zero attached hydrogens (tertiary/aromatic N) is 2. The van der Waals surface area contributed by atoms with Crippen molar-refractivity contribution in [1.82, 2.24) is 10.2 Å². The highest BCUT2D eigenvalue weighted by molar-refractivity contribution is 7.80. The first-order valence-corrected chi connectivity index (χ1v) is 8.61. The molecule has 0 saturated carbocycles. The Labute approximate surface area is 148 Å². The van der Waals surface area contributed by atoms with E-state index < -0.39 is 0 Å². The fourth-order valence-corrected chi connectivity index (χ4v) is 2.93. The molecule has 0 spiro atoms. The number of hydrogen-bond donors (Lipinski definition) is 2. The maximum absolute atomic E-state index is 11.9. The van der Waals surface area contributed by atoms with Crippen molar-refractivity contribution in [2.45, 2.75) is 26.7 Å². The molecule has 6 nitrogen and oxygen atoms in total. The lowest BCUT2D eigenvalue weighted by Gasteiger charge is -2.36. The van der Waals surface area contributed by atoms with E-state index in [0.717, 1.165) is 44.0 Å². The Bertz CT molecular complexity index is 595. The predicted octanol–water partition coefficient (Wildman–Crippen LogP) is 1.97. The van der Waals surface area contributed by atoms with Crippen LogP contribution in [0, 0.1) is 0 Å². The third-order valence-corrected chi connectivity index (χ3v) is 4.08. The molecule has 130 valence electrons. The van der Waals surface area contributed by atoms with E-state index in [0.29, 0.717) is 11.5 Å². The van der Waals surface area contributed by atoms with Crippen LogP contribution in [0.15, 0.2) is 24.3 Å². The third-order valence-electron chi connectivity index (χ3n) is 3.88. The molecule has 2 N–H and O–H groups in total. The number of hydrogen-bond acceptors (Lipinski definition) is 4. The number of nitrogens with one attached hydrogen (secondary N) is 2. The molecule has 1 aliphatic heterocycles. The summed E-state index contributed by atoms with van der Waals surface area (Å²) in [5, 5.41) is 5.79. The summed E-state index contributed by atoms with van der Waals surface area (Å²) in [4.78, 5) is 27.1. The molecule has 1 heterocycles. The Hall–Kier alpha value is -2.15. The highest BCUT2D eigenvalue weighted by Gasteiger charge is 2.20. The molecule has 24 heavy (non-hydrogen) atoms. The van der Waals surface area contributed by atoms with E-state index in [-0.39, 0.29) is 11.8 Å². The topological polar surface area (TPSA) is 64.7 Å². The maximum Gasteiger partial charge on any atom is 0.222 e. The first kappa shape index (κ1) is 18.2. The van der Waals surface area contributed by atoms with Crippen molar-refractivity contribution in [3.8, 4) is 0 Å². The van der Waals surface area contributed by atoms with Crippen molar-refractivity contribution in [2.75, 3.05) is 36.4 Å². The van der Waals surface area contributed by atoms with E-state index in [4.69, 9.17) is 12.2 Å². The van der Waals surface area contributed by atoms with Gasteiger partial charge in [-0.15, -0.1) is 0 Å². The number of anilines is 2. The first-order valence-electron chi connectivity index (χ1n) is 8.21. The highest BCUT2D eigenvalue weighted by Crippen LogP contribution is 2.19. The van der Waals surface area contributed by atoms with Gasteiger partial charge in [-0.1, -0.05) is 6.92 Å². The Morgan fingerprint density at radius 2 is 1.75 bits per heavy atom. The van der Waals surface area contributed by atoms with Crippen LogP contribution in [0.3, 0.4) is 0 Å². The summed E-state index contributed by atoms with van der Waals surface area (Å²) in [5.41, 5.74) is 1.95. The Morgan fingerprint density at radius 1 is 1.12 bits per heavy atom. The Kier molecular flexibility index (Phi) is 6.54. The molecular formula is C17H24N4O2S. The molecule has 0 aromatic heterocycles. The highest BCUT2D eigenvalue weighted by atomic mass is 32.1. The van der Waals surface area contributed by atoms with Gasteiger partial charge in [0.2, 0.25) is 11.8 Å². The van der Waals surface area contributed by atoms with Gasteiger partial charge >= 0.3 is 0 Å². The van der Waals surface area contributed by atoms with Crippen molar-refractivity contribution >= 4 is 40.5 Å². The number of amides is 2. The molecule has 0 atom stereocenters. The summed E-state index contributed by atoms with van der Waals surface area (Å²) >= 11 is 5.04. The van der Waals surface area contributed by atoms with Gasteiger partial charge in [0.15, 0.2) is 5.11 Å². The van der Waals surface area contributed by atoms with Crippen LogP contribution in [0.1, 0.15) is 26.7 Å².